The van der Waals surface area contributed by atoms with Gasteiger partial charge in [0.05, 0.1) is 0 Å². The molecule has 0 bridgehead atoms. The van der Waals surface area contributed by atoms with E-state index in [9.17, 15) is 0 Å². The molecule has 1 fully saturated rings. The monoisotopic (exact) mass is 266 g/mol. The van der Waals surface area contributed by atoms with Gasteiger partial charge in [-0.15, -0.1) is 6.58 Å². The molecule has 0 aliphatic carbocycles. The predicted molar refractivity (Wildman–Crippen MR) is 85.6 cm³/mol. The molecule has 0 aromatic rings. The van der Waals surface area contributed by atoms with Gasteiger partial charge >= 0.3 is 0 Å². The lowest BCUT2D eigenvalue weighted by Crippen LogP contribution is -2.60. The van der Waals surface area contributed by atoms with Crippen molar-refractivity contribution in [1.29, 1.82) is 0 Å². The normalized spacial score (nSPS) is 21.9. The van der Waals surface area contributed by atoms with Crippen LogP contribution in [-0.2, 0) is 0 Å². The predicted octanol–water partition coefficient (Wildman–Crippen LogP) is 3.98. The summed E-state index contributed by atoms with van der Waals surface area (Å²) in [5, 5.41) is 3.74. The van der Waals surface area contributed by atoms with Crippen LogP contribution in [0.5, 0.6) is 0 Å². The highest BCUT2D eigenvalue weighted by molar-refractivity contribution is 5.00. The molecule has 2 heteroatoms. The molecule has 0 aromatic heterocycles. The number of nitrogens with one attached hydrogen (secondary N) is 1. The third-order valence-electron chi connectivity index (χ3n) is 4.86. The summed E-state index contributed by atoms with van der Waals surface area (Å²) < 4.78 is 0. The van der Waals surface area contributed by atoms with E-state index in [-0.39, 0.29) is 0 Å². The van der Waals surface area contributed by atoms with Gasteiger partial charge in [0.1, 0.15) is 0 Å². The van der Waals surface area contributed by atoms with Gasteiger partial charge in [-0.2, -0.15) is 0 Å². The van der Waals surface area contributed by atoms with Crippen LogP contribution in [0.3, 0.4) is 0 Å². The topological polar surface area (TPSA) is 15.3 Å². The molecule has 0 radical (unpaired) electrons. The first-order chi connectivity index (χ1) is 9.04. The summed E-state index contributed by atoms with van der Waals surface area (Å²) >= 11 is 0. The molecular weight excluding hydrogens is 232 g/mol. The Bertz CT molecular complexity index is 268. The van der Waals surface area contributed by atoms with Crippen molar-refractivity contribution >= 4 is 0 Å². The first-order valence-electron chi connectivity index (χ1n) is 8.17. The van der Waals surface area contributed by atoms with E-state index >= 15 is 0 Å². The lowest BCUT2D eigenvalue weighted by molar-refractivity contribution is 0.0408. The van der Waals surface area contributed by atoms with E-state index < -0.39 is 0 Å². The molecule has 1 aliphatic heterocycles. The van der Waals surface area contributed by atoms with Crippen molar-refractivity contribution in [3.05, 3.63) is 12.2 Å². The van der Waals surface area contributed by atoms with Crippen molar-refractivity contribution in [2.24, 2.45) is 0 Å². The molecule has 1 heterocycles. The molecule has 1 N–H and O–H groups in total. The SMILES string of the molecule is C=C(C)CCC(NCC)C(C)(CC)N1CCCCC1. The van der Waals surface area contributed by atoms with Gasteiger partial charge in [0, 0.05) is 11.6 Å². The van der Waals surface area contributed by atoms with E-state index in [1.54, 1.807) is 0 Å². The number of hydrogen-bond acceptors (Lipinski definition) is 2. The molecule has 1 rings (SSSR count). The molecule has 0 saturated carbocycles. The van der Waals surface area contributed by atoms with Crippen LogP contribution in [0.1, 0.15) is 66.2 Å². The van der Waals surface area contributed by atoms with Gasteiger partial charge in [0.25, 0.3) is 0 Å². The molecule has 0 aromatic carbocycles. The van der Waals surface area contributed by atoms with E-state index in [1.807, 2.05) is 0 Å². The van der Waals surface area contributed by atoms with Crippen molar-refractivity contribution < 1.29 is 0 Å². The smallest absolute Gasteiger partial charge is 0.0331 e. The fourth-order valence-electron chi connectivity index (χ4n) is 3.37. The summed E-state index contributed by atoms with van der Waals surface area (Å²) in [4.78, 5) is 2.74. The fourth-order valence-corrected chi connectivity index (χ4v) is 3.37. The molecule has 1 saturated heterocycles. The minimum Gasteiger partial charge on any atom is -0.312 e. The molecule has 2 unspecified atom stereocenters. The zero-order chi connectivity index (χ0) is 14.3. The first kappa shape index (κ1) is 16.7. The van der Waals surface area contributed by atoms with Gasteiger partial charge in [-0.05, 0) is 65.6 Å². The molecule has 0 spiro atoms. The number of allylic oxidation sites excluding steroid dienone is 1. The zero-order valence-electron chi connectivity index (χ0n) is 13.6. The van der Waals surface area contributed by atoms with E-state index in [2.05, 4.69) is 44.5 Å². The third kappa shape index (κ3) is 4.61. The van der Waals surface area contributed by atoms with E-state index in [0.29, 0.717) is 11.6 Å². The lowest BCUT2D eigenvalue weighted by Gasteiger charge is -2.48. The van der Waals surface area contributed by atoms with Crippen LogP contribution >= 0.6 is 0 Å². The summed E-state index contributed by atoms with van der Waals surface area (Å²) in [6.45, 7) is 16.9. The number of rotatable bonds is 8. The highest BCUT2D eigenvalue weighted by Gasteiger charge is 2.37. The van der Waals surface area contributed by atoms with Crippen LogP contribution in [-0.4, -0.2) is 36.1 Å². The second-order valence-electron chi connectivity index (χ2n) is 6.36. The molecule has 112 valence electrons. The standard InChI is InChI=1S/C17H34N2/c1-6-17(5,19-13-9-8-10-14-19)16(18-7-2)12-11-15(3)4/h16,18H,3,6-14H2,1-2,4-5H3. The number of likely N-dealkylation sites (tertiary alicyclic amines) is 1. The fraction of sp³-hybridized carbons (Fsp3) is 0.882. The molecular formula is C17H34N2. The number of hydrogen-bond donors (Lipinski definition) is 1. The molecule has 19 heavy (non-hydrogen) atoms. The summed E-state index contributed by atoms with van der Waals surface area (Å²) in [6.07, 6.45) is 7.73. The van der Waals surface area contributed by atoms with Crippen LogP contribution in [0.2, 0.25) is 0 Å². The van der Waals surface area contributed by atoms with Crippen LogP contribution in [0.15, 0.2) is 12.2 Å². The second-order valence-corrected chi connectivity index (χ2v) is 6.36. The van der Waals surface area contributed by atoms with Gasteiger partial charge in [-0.3, -0.25) is 4.90 Å². The molecule has 0 amide bonds. The molecule has 2 nitrogen and oxygen atoms in total. The Labute approximate surface area is 120 Å². The van der Waals surface area contributed by atoms with Gasteiger partial charge in [-0.1, -0.05) is 25.8 Å². The first-order valence-corrected chi connectivity index (χ1v) is 8.17. The summed E-state index contributed by atoms with van der Waals surface area (Å²) in [6, 6.07) is 0.581. The average molecular weight is 266 g/mol. The molecule has 1 aliphatic rings. The number of likely N-dealkylation sites (N-methyl/N-ethyl adjacent to an activating group) is 1. The summed E-state index contributed by atoms with van der Waals surface area (Å²) in [7, 11) is 0. The maximum Gasteiger partial charge on any atom is 0.0331 e. The average Bonchev–Trinajstić information content (AvgIpc) is 2.43. The van der Waals surface area contributed by atoms with Crippen molar-refractivity contribution in [1.82, 2.24) is 10.2 Å². The van der Waals surface area contributed by atoms with Crippen molar-refractivity contribution in [2.45, 2.75) is 77.8 Å². The maximum atomic E-state index is 4.07. The highest BCUT2D eigenvalue weighted by atomic mass is 15.2. The Kier molecular flexibility index (Phi) is 7.09. The Morgan fingerprint density at radius 1 is 1.26 bits per heavy atom. The number of piperidine rings is 1. The minimum atomic E-state index is 0.298. The van der Waals surface area contributed by atoms with Gasteiger partial charge in [0.2, 0.25) is 0 Å². The van der Waals surface area contributed by atoms with Crippen LogP contribution in [0, 0.1) is 0 Å². The molecule has 2 atom stereocenters. The largest absolute Gasteiger partial charge is 0.312 e. The van der Waals surface area contributed by atoms with Crippen LogP contribution in [0.4, 0.5) is 0 Å². The maximum absolute atomic E-state index is 4.07. The van der Waals surface area contributed by atoms with Gasteiger partial charge in [0.15, 0.2) is 0 Å². The van der Waals surface area contributed by atoms with E-state index in [4.69, 9.17) is 0 Å². The Balaban J connectivity index is 2.76. The summed E-state index contributed by atoms with van der Waals surface area (Å²) in [5.41, 5.74) is 1.60. The lowest BCUT2D eigenvalue weighted by atomic mass is 9.82. The van der Waals surface area contributed by atoms with Crippen molar-refractivity contribution in [3.8, 4) is 0 Å². The van der Waals surface area contributed by atoms with Crippen molar-refractivity contribution in [3.63, 3.8) is 0 Å². The van der Waals surface area contributed by atoms with E-state index in [0.717, 1.165) is 13.0 Å². The highest BCUT2D eigenvalue weighted by Crippen LogP contribution is 2.30. The summed E-state index contributed by atoms with van der Waals surface area (Å²) in [5.74, 6) is 0. The Morgan fingerprint density at radius 3 is 2.37 bits per heavy atom. The van der Waals surface area contributed by atoms with Crippen LogP contribution < -0.4 is 5.32 Å². The van der Waals surface area contributed by atoms with E-state index in [1.165, 1.54) is 50.8 Å². The van der Waals surface area contributed by atoms with Gasteiger partial charge in [-0.25, -0.2) is 0 Å². The second kappa shape index (κ2) is 8.06. The Morgan fingerprint density at radius 2 is 1.89 bits per heavy atom. The zero-order valence-corrected chi connectivity index (χ0v) is 13.6. The van der Waals surface area contributed by atoms with Crippen LogP contribution in [0.25, 0.3) is 0 Å². The third-order valence-corrected chi connectivity index (χ3v) is 4.86. The Hall–Kier alpha value is -0.340. The van der Waals surface area contributed by atoms with Gasteiger partial charge < -0.3 is 5.32 Å². The quantitative estimate of drug-likeness (QED) is 0.669. The minimum absolute atomic E-state index is 0.298. The number of nitrogens with zero attached hydrogens (tertiary/aromatic N) is 1. The van der Waals surface area contributed by atoms with Crippen molar-refractivity contribution in [2.75, 3.05) is 19.6 Å².